The van der Waals surface area contributed by atoms with Crippen molar-refractivity contribution >= 4 is 11.6 Å². The van der Waals surface area contributed by atoms with E-state index in [1.807, 2.05) is 29.4 Å². The molecule has 27 heavy (non-hydrogen) atoms. The highest BCUT2D eigenvalue weighted by Gasteiger charge is 2.32. The lowest BCUT2D eigenvalue weighted by atomic mass is 10.0. The number of carbonyl (C=O) groups is 1. The van der Waals surface area contributed by atoms with Crippen LogP contribution in [0.25, 0.3) is 0 Å². The highest BCUT2D eigenvalue weighted by atomic mass is 16.5. The lowest BCUT2D eigenvalue weighted by Gasteiger charge is -2.35. The second-order valence-electron chi connectivity index (χ2n) is 7.70. The molecule has 1 fully saturated rings. The third-order valence-electron chi connectivity index (χ3n) is 5.10. The summed E-state index contributed by atoms with van der Waals surface area (Å²) in [5, 5.41) is 0. The van der Waals surface area contributed by atoms with E-state index in [0.717, 1.165) is 30.8 Å². The molecule has 0 atom stereocenters. The number of H-pyrrole nitrogens is 1. The molecule has 2 aliphatic heterocycles. The third-order valence-corrected chi connectivity index (χ3v) is 5.10. The number of hydrogen-bond acceptors (Lipinski definition) is 4. The molecule has 0 radical (unpaired) electrons. The van der Waals surface area contributed by atoms with Gasteiger partial charge < -0.3 is 19.3 Å². The number of aromatic nitrogens is 1. The van der Waals surface area contributed by atoms with Gasteiger partial charge in [0.2, 0.25) is 0 Å². The Hall–Kier alpha value is -2.76. The number of fused-ring (bicyclic) bond motifs is 1. The van der Waals surface area contributed by atoms with Crippen molar-refractivity contribution in [1.82, 2.24) is 4.90 Å². The molecule has 0 spiro atoms. The minimum absolute atomic E-state index is 0.0194. The zero-order valence-corrected chi connectivity index (χ0v) is 15.9. The molecule has 0 saturated carbocycles. The number of anilines is 1. The third kappa shape index (κ3) is 3.84. The number of para-hydroxylation sites is 1. The molecule has 2 aliphatic rings. The Morgan fingerprint density at radius 3 is 2.63 bits per heavy atom. The summed E-state index contributed by atoms with van der Waals surface area (Å²) in [6, 6.07) is 9.99. The largest absolute Gasteiger partial charge is 0.483 e. The lowest BCUT2D eigenvalue weighted by molar-refractivity contribution is -0.377. The molecular formula is C21H26N3O3+. The average Bonchev–Trinajstić information content (AvgIpc) is 3.01. The molecule has 1 aromatic carbocycles. The summed E-state index contributed by atoms with van der Waals surface area (Å²) in [4.78, 5) is 19.8. The fourth-order valence-corrected chi connectivity index (χ4v) is 3.73. The summed E-state index contributed by atoms with van der Waals surface area (Å²) in [5.74, 6) is 1.46. The van der Waals surface area contributed by atoms with E-state index in [1.165, 1.54) is 5.69 Å². The predicted molar refractivity (Wildman–Crippen MR) is 102 cm³/mol. The van der Waals surface area contributed by atoms with Crippen molar-refractivity contribution in [3.63, 3.8) is 0 Å². The average molecular weight is 368 g/mol. The first-order valence-corrected chi connectivity index (χ1v) is 9.44. The van der Waals surface area contributed by atoms with Gasteiger partial charge in [-0.2, -0.15) is 0 Å². The van der Waals surface area contributed by atoms with Crippen molar-refractivity contribution in [2.45, 2.75) is 25.9 Å². The van der Waals surface area contributed by atoms with E-state index in [2.05, 4.69) is 41.9 Å². The molecule has 0 unspecified atom stereocenters. The van der Waals surface area contributed by atoms with Crippen LogP contribution in [-0.2, 0) is 11.2 Å². The van der Waals surface area contributed by atoms with Crippen LogP contribution in [0.1, 0.15) is 19.4 Å². The number of hydrogen-bond donors (Lipinski definition) is 0. The van der Waals surface area contributed by atoms with Crippen molar-refractivity contribution in [2.75, 3.05) is 37.7 Å². The van der Waals surface area contributed by atoms with Crippen LogP contribution in [0, 0.1) is 0 Å². The number of carbonyl (C=O) groups excluding carboxylic acids is 1. The van der Waals surface area contributed by atoms with Crippen molar-refractivity contribution in [1.29, 1.82) is 0 Å². The molecule has 142 valence electrons. The fraction of sp³-hybridized carbons (Fsp3) is 0.429. The van der Waals surface area contributed by atoms with Crippen molar-refractivity contribution in [2.24, 2.45) is 0 Å². The van der Waals surface area contributed by atoms with Crippen molar-refractivity contribution < 1.29 is 19.3 Å². The maximum Gasteiger partial charge on any atom is 0.260 e. The van der Waals surface area contributed by atoms with E-state index < -0.39 is 0 Å². The van der Waals surface area contributed by atoms with Crippen LogP contribution in [0.4, 0.5) is 5.69 Å². The van der Waals surface area contributed by atoms with Crippen LogP contribution < -0.4 is 19.4 Å². The van der Waals surface area contributed by atoms with E-state index >= 15 is 0 Å². The Morgan fingerprint density at radius 2 is 1.89 bits per heavy atom. The summed E-state index contributed by atoms with van der Waals surface area (Å²) >= 11 is 0. The Morgan fingerprint density at radius 1 is 1.15 bits per heavy atom. The summed E-state index contributed by atoms with van der Waals surface area (Å²) in [6.45, 7) is 7.23. The Balaban J connectivity index is 1.32. The molecule has 1 N–H and O–H groups in total. The number of amides is 1. The quantitative estimate of drug-likeness (QED) is 0.828. The van der Waals surface area contributed by atoms with Gasteiger partial charge in [0.1, 0.15) is 5.60 Å². The van der Waals surface area contributed by atoms with Gasteiger partial charge in [0.05, 0.1) is 0 Å². The van der Waals surface area contributed by atoms with Crippen molar-refractivity contribution in [3.05, 3.63) is 48.3 Å². The summed E-state index contributed by atoms with van der Waals surface area (Å²) in [6.07, 6.45) is 4.69. The summed E-state index contributed by atoms with van der Waals surface area (Å²) in [7, 11) is 0. The van der Waals surface area contributed by atoms with Crippen LogP contribution in [0.5, 0.6) is 11.5 Å². The van der Waals surface area contributed by atoms with Gasteiger partial charge in [-0.25, -0.2) is 4.98 Å². The van der Waals surface area contributed by atoms with Crippen LogP contribution in [0.15, 0.2) is 42.7 Å². The number of piperazine rings is 1. The number of nitrogens with zero attached hydrogens (tertiary/aromatic N) is 2. The van der Waals surface area contributed by atoms with Gasteiger partial charge in [-0.3, -0.25) is 4.79 Å². The Bertz CT molecular complexity index is 815. The van der Waals surface area contributed by atoms with Gasteiger partial charge in [-0.05, 0) is 19.9 Å². The number of rotatable bonds is 4. The first-order valence-electron chi connectivity index (χ1n) is 9.44. The zero-order valence-electron chi connectivity index (χ0n) is 15.9. The van der Waals surface area contributed by atoms with Crippen LogP contribution in [0.3, 0.4) is 0 Å². The molecule has 6 nitrogen and oxygen atoms in total. The second kappa shape index (κ2) is 7.10. The number of nitrogens with one attached hydrogen (secondary N) is 1. The SMILES string of the molecule is CC1(C)Cc2cccc(OCC(=O)N3CCN(c4cc[nH+]cc4)CC3)c2O1. The molecule has 0 aliphatic carbocycles. The molecular weight excluding hydrogens is 342 g/mol. The van der Waals surface area contributed by atoms with Gasteiger partial charge in [0, 0.05) is 56.0 Å². The maximum absolute atomic E-state index is 12.6. The van der Waals surface area contributed by atoms with Gasteiger partial charge in [0.25, 0.3) is 5.91 Å². The predicted octanol–water partition coefficient (Wildman–Crippen LogP) is 1.94. The van der Waals surface area contributed by atoms with Crippen LogP contribution >= 0.6 is 0 Å². The van der Waals surface area contributed by atoms with E-state index in [4.69, 9.17) is 9.47 Å². The number of ether oxygens (including phenoxy) is 2. The smallest absolute Gasteiger partial charge is 0.260 e. The normalized spacial score (nSPS) is 18.0. The van der Waals surface area contributed by atoms with Crippen LogP contribution in [0.2, 0.25) is 0 Å². The first kappa shape index (κ1) is 17.6. The second-order valence-corrected chi connectivity index (χ2v) is 7.70. The standard InChI is InChI=1S/C21H25N3O3/c1-21(2)14-16-4-3-5-18(20(16)27-21)26-15-19(25)24-12-10-23(11-13-24)17-6-8-22-9-7-17/h3-9H,10-15H2,1-2H3/p+1. The van der Waals surface area contributed by atoms with Crippen molar-refractivity contribution in [3.8, 4) is 11.5 Å². The molecule has 1 saturated heterocycles. The Labute approximate surface area is 159 Å². The highest BCUT2D eigenvalue weighted by Crippen LogP contribution is 2.41. The maximum atomic E-state index is 12.6. The van der Waals surface area contributed by atoms with E-state index in [0.29, 0.717) is 18.8 Å². The Kier molecular flexibility index (Phi) is 4.64. The van der Waals surface area contributed by atoms with Gasteiger partial charge in [-0.15, -0.1) is 0 Å². The molecule has 0 bridgehead atoms. The minimum Gasteiger partial charge on any atom is -0.483 e. The zero-order chi connectivity index (χ0) is 18.9. The molecule has 3 heterocycles. The number of benzene rings is 1. The monoisotopic (exact) mass is 368 g/mol. The number of pyridine rings is 1. The molecule has 2 aromatic rings. The molecule has 1 aromatic heterocycles. The van der Waals surface area contributed by atoms with Crippen LogP contribution in [-0.4, -0.2) is 49.2 Å². The fourth-order valence-electron chi connectivity index (χ4n) is 3.73. The van der Waals surface area contributed by atoms with E-state index in [-0.39, 0.29) is 18.1 Å². The van der Waals surface area contributed by atoms with Gasteiger partial charge in [-0.1, -0.05) is 12.1 Å². The summed E-state index contributed by atoms with van der Waals surface area (Å²) in [5.41, 5.74) is 2.09. The minimum atomic E-state index is -0.225. The lowest BCUT2D eigenvalue weighted by Crippen LogP contribution is -2.50. The number of aromatic amines is 1. The molecule has 6 heteroatoms. The topological polar surface area (TPSA) is 56.2 Å². The first-order chi connectivity index (χ1) is 13.0. The highest BCUT2D eigenvalue weighted by molar-refractivity contribution is 5.78. The van der Waals surface area contributed by atoms with Gasteiger partial charge in [0.15, 0.2) is 30.5 Å². The molecule has 4 rings (SSSR count). The van der Waals surface area contributed by atoms with Gasteiger partial charge >= 0.3 is 0 Å². The van der Waals surface area contributed by atoms with E-state index in [1.54, 1.807) is 0 Å². The summed E-state index contributed by atoms with van der Waals surface area (Å²) < 4.78 is 11.8. The van der Waals surface area contributed by atoms with E-state index in [9.17, 15) is 4.79 Å². The molecule has 1 amide bonds.